The van der Waals surface area contributed by atoms with Gasteiger partial charge in [0.15, 0.2) is 0 Å². The minimum absolute atomic E-state index is 0.461. The van der Waals surface area contributed by atoms with E-state index in [1.54, 1.807) is 0 Å². The summed E-state index contributed by atoms with van der Waals surface area (Å²) < 4.78 is 1.29. The zero-order chi connectivity index (χ0) is 22.9. The maximum atomic E-state index is 2.68. The molecule has 1 aromatic carbocycles. The van der Waals surface area contributed by atoms with Crippen molar-refractivity contribution in [3.63, 3.8) is 0 Å². The summed E-state index contributed by atoms with van der Waals surface area (Å²) in [5, 5.41) is 0. The van der Waals surface area contributed by atoms with Crippen LogP contribution in [0.4, 0.5) is 0 Å². The highest BCUT2D eigenvalue weighted by Gasteiger charge is 2.35. The van der Waals surface area contributed by atoms with E-state index in [4.69, 9.17) is 0 Å². The van der Waals surface area contributed by atoms with E-state index in [1.807, 2.05) is 27.7 Å². The lowest BCUT2D eigenvalue weighted by atomic mass is 10.0. The Hall–Kier alpha value is -0.650. The Bertz CT molecular complexity index is 611. The number of piperazine rings is 1. The van der Waals surface area contributed by atoms with Gasteiger partial charge in [-0.3, -0.25) is 4.90 Å². The van der Waals surface area contributed by atoms with Crippen LogP contribution in [0.2, 0.25) is 0 Å². The second kappa shape index (κ2) is 18.0. The van der Waals surface area contributed by atoms with Crippen LogP contribution in [0.3, 0.4) is 0 Å². The monoisotopic (exact) mass is 526 g/mol. The molecule has 0 saturated carbocycles. The van der Waals surface area contributed by atoms with Crippen molar-refractivity contribution in [2.24, 2.45) is 0 Å². The van der Waals surface area contributed by atoms with Crippen LogP contribution in [0.15, 0.2) is 42.0 Å². The Morgan fingerprint density at radius 1 is 0.900 bits per heavy atom. The summed E-state index contributed by atoms with van der Waals surface area (Å²) in [4.78, 5) is 5.11. The summed E-state index contributed by atoms with van der Waals surface area (Å²) in [6.45, 7) is 19.3. The van der Waals surface area contributed by atoms with Gasteiger partial charge in [-0.2, -0.15) is 0 Å². The largest absolute Gasteiger partial charge is 0.304 e. The minimum Gasteiger partial charge on any atom is -0.304 e. The molecular formula is C27H47IN2. The first-order chi connectivity index (χ1) is 14.7. The van der Waals surface area contributed by atoms with E-state index in [-0.39, 0.29) is 0 Å². The maximum absolute atomic E-state index is 2.68. The van der Waals surface area contributed by atoms with Crippen molar-refractivity contribution in [3.05, 3.63) is 53.1 Å². The number of fused-ring (bicyclic) bond motifs is 1. The van der Waals surface area contributed by atoms with Gasteiger partial charge in [0.05, 0.1) is 6.04 Å². The van der Waals surface area contributed by atoms with E-state index < -0.39 is 0 Å². The van der Waals surface area contributed by atoms with Crippen LogP contribution in [0.25, 0.3) is 5.57 Å². The van der Waals surface area contributed by atoms with Gasteiger partial charge in [-0.05, 0) is 53.0 Å². The van der Waals surface area contributed by atoms with Crippen LogP contribution in [-0.2, 0) is 0 Å². The fourth-order valence-electron chi connectivity index (χ4n) is 3.80. The maximum Gasteiger partial charge on any atom is 0.0611 e. The van der Waals surface area contributed by atoms with Crippen molar-refractivity contribution >= 4 is 28.2 Å². The van der Waals surface area contributed by atoms with Crippen LogP contribution in [0.1, 0.15) is 84.9 Å². The van der Waals surface area contributed by atoms with Crippen molar-refractivity contribution in [2.75, 3.05) is 37.7 Å². The Morgan fingerprint density at radius 3 is 1.93 bits per heavy atom. The summed E-state index contributed by atoms with van der Waals surface area (Å²) in [6.07, 6.45) is 8.37. The number of rotatable bonds is 4. The van der Waals surface area contributed by atoms with Gasteiger partial charge in [-0.1, -0.05) is 107 Å². The molecule has 3 rings (SSSR count). The molecule has 1 unspecified atom stereocenters. The number of hydrogen-bond donors (Lipinski definition) is 0. The van der Waals surface area contributed by atoms with Crippen LogP contribution in [0, 0.1) is 0 Å². The fraction of sp³-hybridized carbons (Fsp3) is 0.630. The average Bonchev–Trinajstić information content (AvgIpc) is 3.11. The smallest absolute Gasteiger partial charge is 0.0611 e. The van der Waals surface area contributed by atoms with Crippen LogP contribution in [0.5, 0.6) is 0 Å². The summed E-state index contributed by atoms with van der Waals surface area (Å²) in [5.41, 5.74) is 5.97. The normalized spacial score (nSPS) is 21.0. The van der Waals surface area contributed by atoms with Gasteiger partial charge in [0.1, 0.15) is 0 Å². The SMILES string of the molecule is CC.CC.CC/C=C1\C(=C/CC)C(N2CCN(C)CC2)c2ccccc21.CCCI. The number of halogens is 1. The molecule has 3 heteroatoms. The Labute approximate surface area is 202 Å². The number of allylic oxidation sites excluding steroid dienone is 2. The molecule has 0 amide bonds. The first kappa shape index (κ1) is 29.4. The molecule has 1 saturated heterocycles. The highest BCUT2D eigenvalue weighted by molar-refractivity contribution is 14.1. The zero-order valence-electron chi connectivity index (χ0n) is 21.0. The van der Waals surface area contributed by atoms with Gasteiger partial charge < -0.3 is 4.90 Å². The van der Waals surface area contributed by atoms with Gasteiger partial charge in [0.25, 0.3) is 0 Å². The Morgan fingerprint density at radius 2 is 1.43 bits per heavy atom. The summed E-state index contributed by atoms with van der Waals surface area (Å²) in [6, 6.07) is 9.47. The topological polar surface area (TPSA) is 6.48 Å². The van der Waals surface area contributed by atoms with Crippen molar-refractivity contribution in [2.45, 2.75) is 73.8 Å². The predicted molar refractivity (Wildman–Crippen MR) is 147 cm³/mol. The number of likely N-dealkylation sites (N-methyl/N-ethyl adjacent to an activating group) is 1. The second-order valence-corrected chi connectivity index (χ2v) is 8.19. The molecule has 1 fully saturated rings. The van der Waals surface area contributed by atoms with Gasteiger partial charge in [0, 0.05) is 26.2 Å². The lowest BCUT2D eigenvalue weighted by Crippen LogP contribution is -2.45. The minimum atomic E-state index is 0.461. The molecule has 0 N–H and O–H groups in total. The quantitative estimate of drug-likeness (QED) is 0.290. The number of hydrogen-bond acceptors (Lipinski definition) is 2. The molecule has 1 aliphatic carbocycles. The predicted octanol–water partition coefficient (Wildman–Crippen LogP) is 8.00. The highest BCUT2D eigenvalue weighted by atomic mass is 127. The zero-order valence-corrected chi connectivity index (χ0v) is 23.1. The fourth-order valence-corrected chi connectivity index (χ4v) is 3.80. The lowest BCUT2D eigenvalue weighted by molar-refractivity contribution is 0.129. The van der Waals surface area contributed by atoms with E-state index in [1.165, 1.54) is 46.2 Å². The summed E-state index contributed by atoms with van der Waals surface area (Å²) in [5.74, 6) is 0. The van der Waals surface area contributed by atoms with E-state index in [0.717, 1.165) is 25.9 Å². The van der Waals surface area contributed by atoms with Crippen LogP contribution in [-0.4, -0.2) is 47.5 Å². The summed E-state index contributed by atoms with van der Waals surface area (Å²) >= 11 is 2.35. The van der Waals surface area contributed by atoms with Crippen LogP contribution < -0.4 is 0 Å². The molecule has 172 valence electrons. The van der Waals surface area contributed by atoms with Crippen molar-refractivity contribution in [3.8, 4) is 0 Å². The summed E-state index contributed by atoms with van der Waals surface area (Å²) in [7, 11) is 2.23. The first-order valence-corrected chi connectivity index (χ1v) is 13.7. The van der Waals surface area contributed by atoms with Crippen LogP contribution >= 0.6 is 22.6 Å². The molecule has 1 aromatic rings. The number of nitrogens with zero attached hydrogens (tertiary/aromatic N) is 2. The molecule has 0 bridgehead atoms. The van der Waals surface area contributed by atoms with E-state index >= 15 is 0 Å². The number of benzene rings is 1. The lowest BCUT2D eigenvalue weighted by Gasteiger charge is -2.37. The molecule has 0 radical (unpaired) electrons. The van der Waals surface area contributed by atoms with Gasteiger partial charge >= 0.3 is 0 Å². The van der Waals surface area contributed by atoms with Gasteiger partial charge in [-0.25, -0.2) is 0 Å². The number of alkyl halides is 1. The molecule has 2 aliphatic rings. The molecule has 1 atom stereocenters. The molecule has 1 heterocycles. The van der Waals surface area contributed by atoms with Gasteiger partial charge in [-0.15, -0.1) is 0 Å². The Kier molecular flexibility index (Phi) is 17.6. The van der Waals surface area contributed by atoms with E-state index in [9.17, 15) is 0 Å². The third kappa shape index (κ3) is 8.47. The molecular weight excluding hydrogens is 479 g/mol. The third-order valence-corrected chi connectivity index (χ3v) is 6.15. The second-order valence-electron chi connectivity index (χ2n) is 7.11. The average molecular weight is 527 g/mol. The molecule has 2 nitrogen and oxygen atoms in total. The van der Waals surface area contributed by atoms with E-state index in [0.29, 0.717) is 6.04 Å². The molecule has 1 aliphatic heterocycles. The van der Waals surface area contributed by atoms with E-state index in [2.05, 4.69) is 96.6 Å². The molecule has 0 spiro atoms. The Balaban J connectivity index is 0.000000924. The highest BCUT2D eigenvalue weighted by Crippen LogP contribution is 2.47. The molecule has 30 heavy (non-hydrogen) atoms. The standard InChI is InChI=1S/C20H28N2.C3H7I.2C2H6/c1-4-8-16-17-10-6-7-11-19(17)20(18(16)9-5-2)22-14-12-21(3)13-15-22;1-2-3-4;2*1-2/h6-11,20H,4-5,12-15H2,1-3H3;2-3H2,1H3;2*1-2H3/b16-8-,18-9+;;;. The van der Waals surface area contributed by atoms with Crippen molar-refractivity contribution in [1.82, 2.24) is 9.80 Å². The van der Waals surface area contributed by atoms with Crippen molar-refractivity contribution in [1.29, 1.82) is 0 Å². The molecule has 0 aromatic heterocycles. The third-order valence-electron chi connectivity index (χ3n) is 5.08. The van der Waals surface area contributed by atoms with Gasteiger partial charge in [0.2, 0.25) is 0 Å². The first-order valence-electron chi connectivity index (χ1n) is 12.2. The van der Waals surface area contributed by atoms with Crippen molar-refractivity contribution < 1.29 is 0 Å².